The molecule has 1 aliphatic heterocycles. The second kappa shape index (κ2) is 5.60. The van der Waals surface area contributed by atoms with E-state index in [0.717, 1.165) is 12.8 Å². The molecule has 1 atom stereocenters. The molecule has 1 unspecified atom stereocenters. The SMILES string of the molecule is CNC(C)C1CCN(S(=O)(=O)c2cn[nH]c2C)CC1. The molecular formula is C12H22N4O2S. The molecule has 1 fully saturated rings. The Bertz CT molecular complexity index is 518. The van der Waals surface area contributed by atoms with E-state index in [1.54, 1.807) is 11.2 Å². The van der Waals surface area contributed by atoms with Crippen LogP contribution in [0.3, 0.4) is 0 Å². The summed E-state index contributed by atoms with van der Waals surface area (Å²) in [6.45, 7) is 5.05. The van der Waals surface area contributed by atoms with Gasteiger partial charge in [0.05, 0.1) is 11.9 Å². The number of nitrogens with zero attached hydrogens (tertiary/aromatic N) is 2. The van der Waals surface area contributed by atoms with Crippen LogP contribution in [0.5, 0.6) is 0 Å². The second-order valence-corrected chi connectivity index (χ2v) is 7.08. The van der Waals surface area contributed by atoms with Crippen LogP contribution in [0.1, 0.15) is 25.5 Å². The molecule has 2 N–H and O–H groups in total. The number of nitrogens with one attached hydrogen (secondary N) is 2. The zero-order chi connectivity index (χ0) is 14.0. The van der Waals surface area contributed by atoms with E-state index in [0.29, 0.717) is 35.6 Å². The number of aromatic nitrogens is 2. The fourth-order valence-corrected chi connectivity index (χ4v) is 4.18. The van der Waals surface area contributed by atoms with E-state index < -0.39 is 10.0 Å². The molecule has 19 heavy (non-hydrogen) atoms. The Kier molecular flexibility index (Phi) is 4.27. The van der Waals surface area contributed by atoms with Crippen molar-refractivity contribution < 1.29 is 8.42 Å². The fraction of sp³-hybridized carbons (Fsp3) is 0.750. The molecule has 0 amide bonds. The summed E-state index contributed by atoms with van der Waals surface area (Å²) in [6.07, 6.45) is 3.20. The van der Waals surface area contributed by atoms with Crippen molar-refractivity contribution in [2.45, 2.75) is 37.6 Å². The topological polar surface area (TPSA) is 78.1 Å². The Morgan fingerprint density at radius 3 is 2.58 bits per heavy atom. The van der Waals surface area contributed by atoms with E-state index in [9.17, 15) is 8.42 Å². The third-order valence-electron chi connectivity index (χ3n) is 4.06. The van der Waals surface area contributed by atoms with Crippen LogP contribution in [0, 0.1) is 12.8 Å². The van der Waals surface area contributed by atoms with Gasteiger partial charge in [-0.05, 0) is 39.7 Å². The van der Waals surface area contributed by atoms with E-state index in [4.69, 9.17) is 0 Å². The summed E-state index contributed by atoms with van der Waals surface area (Å²) < 4.78 is 26.5. The smallest absolute Gasteiger partial charge is 0.246 e. The number of H-pyrrole nitrogens is 1. The number of hydrogen-bond acceptors (Lipinski definition) is 4. The minimum Gasteiger partial charge on any atom is -0.317 e. The first-order valence-corrected chi connectivity index (χ1v) is 8.08. The maximum atomic E-state index is 12.5. The fourth-order valence-electron chi connectivity index (χ4n) is 2.59. The summed E-state index contributed by atoms with van der Waals surface area (Å²) in [7, 11) is -1.44. The summed E-state index contributed by atoms with van der Waals surface area (Å²) in [5, 5.41) is 9.72. The third kappa shape index (κ3) is 2.82. The Hall–Kier alpha value is -0.920. The average molecular weight is 286 g/mol. The number of aryl methyl sites for hydroxylation is 1. The van der Waals surface area contributed by atoms with Crippen molar-refractivity contribution >= 4 is 10.0 Å². The van der Waals surface area contributed by atoms with E-state index in [2.05, 4.69) is 22.4 Å². The lowest BCUT2D eigenvalue weighted by molar-refractivity contribution is 0.236. The number of aromatic amines is 1. The van der Waals surface area contributed by atoms with Crippen LogP contribution in [0.2, 0.25) is 0 Å². The number of sulfonamides is 1. The number of hydrogen-bond donors (Lipinski definition) is 2. The van der Waals surface area contributed by atoms with Gasteiger partial charge in [0.2, 0.25) is 10.0 Å². The highest BCUT2D eigenvalue weighted by molar-refractivity contribution is 7.89. The average Bonchev–Trinajstić information content (AvgIpc) is 2.85. The lowest BCUT2D eigenvalue weighted by Crippen LogP contribution is -2.43. The summed E-state index contributed by atoms with van der Waals surface area (Å²) in [5.41, 5.74) is 0.603. The predicted molar refractivity (Wildman–Crippen MR) is 73.3 cm³/mol. The molecule has 0 aromatic carbocycles. The van der Waals surface area contributed by atoms with Crippen LogP contribution >= 0.6 is 0 Å². The first-order chi connectivity index (χ1) is 8.96. The molecule has 1 aliphatic rings. The number of piperidine rings is 1. The van der Waals surface area contributed by atoms with Crippen LogP contribution in [-0.2, 0) is 10.0 Å². The van der Waals surface area contributed by atoms with Crippen molar-refractivity contribution in [2.75, 3.05) is 20.1 Å². The maximum absolute atomic E-state index is 12.5. The maximum Gasteiger partial charge on any atom is 0.246 e. The van der Waals surface area contributed by atoms with Crippen LogP contribution in [-0.4, -0.2) is 49.1 Å². The van der Waals surface area contributed by atoms with E-state index in [1.807, 2.05) is 7.05 Å². The van der Waals surface area contributed by atoms with E-state index >= 15 is 0 Å². The van der Waals surface area contributed by atoms with Crippen molar-refractivity contribution in [3.63, 3.8) is 0 Å². The Morgan fingerprint density at radius 2 is 2.11 bits per heavy atom. The van der Waals surface area contributed by atoms with Gasteiger partial charge in [0.15, 0.2) is 0 Å². The van der Waals surface area contributed by atoms with Gasteiger partial charge in [-0.2, -0.15) is 9.40 Å². The molecule has 2 rings (SSSR count). The molecule has 0 spiro atoms. The highest BCUT2D eigenvalue weighted by Crippen LogP contribution is 2.26. The van der Waals surface area contributed by atoms with Crippen LogP contribution in [0.4, 0.5) is 0 Å². The Balaban J connectivity index is 2.08. The normalized spacial score (nSPS) is 20.6. The summed E-state index contributed by atoms with van der Waals surface area (Å²) >= 11 is 0. The molecule has 0 aliphatic carbocycles. The van der Waals surface area contributed by atoms with E-state index in [1.165, 1.54) is 6.20 Å². The molecule has 1 saturated heterocycles. The summed E-state index contributed by atoms with van der Waals surface area (Å²) in [4.78, 5) is 0.299. The van der Waals surface area contributed by atoms with Crippen LogP contribution < -0.4 is 5.32 Å². The van der Waals surface area contributed by atoms with Crippen molar-refractivity contribution in [1.82, 2.24) is 19.8 Å². The monoisotopic (exact) mass is 286 g/mol. The van der Waals surface area contributed by atoms with Crippen molar-refractivity contribution in [1.29, 1.82) is 0 Å². The van der Waals surface area contributed by atoms with Gasteiger partial charge < -0.3 is 5.32 Å². The first-order valence-electron chi connectivity index (χ1n) is 6.64. The molecule has 1 aromatic rings. The Labute approximate surface area is 114 Å². The van der Waals surface area contributed by atoms with Crippen molar-refractivity contribution in [2.24, 2.45) is 5.92 Å². The van der Waals surface area contributed by atoms with Crippen molar-refractivity contribution in [3.05, 3.63) is 11.9 Å². The Morgan fingerprint density at radius 1 is 1.47 bits per heavy atom. The van der Waals surface area contributed by atoms with Crippen LogP contribution in [0.15, 0.2) is 11.1 Å². The molecule has 6 nitrogen and oxygen atoms in total. The number of rotatable bonds is 4. The highest BCUT2D eigenvalue weighted by atomic mass is 32.2. The molecule has 7 heteroatoms. The second-order valence-electron chi connectivity index (χ2n) is 5.18. The lowest BCUT2D eigenvalue weighted by Gasteiger charge is -2.33. The van der Waals surface area contributed by atoms with Gasteiger partial charge in [0, 0.05) is 19.1 Å². The van der Waals surface area contributed by atoms with Gasteiger partial charge >= 0.3 is 0 Å². The minimum absolute atomic E-state index is 0.299. The van der Waals surface area contributed by atoms with Gasteiger partial charge in [-0.25, -0.2) is 8.42 Å². The first kappa shape index (κ1) is 14.5. The van der Waals surface area contributed by atoms with Gasteiger partial charge in [0.1, 0.15) is 4.90 Å². The van der Waals surface area contributed by atoms with Gasteiger partial charge in [0.25, 0.3) is 0 Å². The molecule has 1 aromatic heterocycles. The zero-order valence-corrected chi connectivity index (χ0v) is 12.5. The standard InChI is InChI=1S/C12H22N4O2S/c1-9(13-3)11-4-6-16(7-5-11)19(17,18)12-8-14-15-10(12)2/h8-9,11,13H,4-7H2,1-3H3,(H,14,15). The minimum atomic E-state index is -3.39. The van der Waals surface area contributed by atoms with Gasteiger partial charge in [-0.1, -0.05) is 0 Å². The zero-order valence-electron chi connectivity index (χ0n) is 11.7. The molecular weight excluding hydrogens is 264 g/mol. The highest BCUT2D eigenvalue weighted by Gasteiger charge is 2.32. The quantitative estimate of drug-likeness (QED) is 0.855. The molecule has 0 bridgehead atoms. The lowest BCUT2D eigenvalue weighted by atomic mass is 9.91. The molecule has 0 saturated carbocycles. The van der Waals surface area contributed by atoms with Gasteiger partial charge in [-0.3, -0.25) is 5.10 Å². The summed E-state index contributed by atoms with van der Waals surface area (Å²) in [6, 6.07) is 0.431. The van der Waals surface area contributed by atoms with Crippen LogP contribution in [0.25, 0.3) is 0 Å². The molecule has 0 radical (unpaired) electrons. The predicted octanol–water partition coefficient (Wildman–Crippen LogP) is 0.727. The molecule has 108 valence electrons. The largest absolute Gasteiger partial charge is 0.317 e. The van der Waals surface area contributed by atoms with Gasteiger partial charge in [-0.15, -0.1) is 0 Å². The summed E-state index contributed by atoms with van der Waals surface area (Å²) in [5.74, 6) is 0.543. The molecule has 2 heterocycles. The van der Waals surface area contributed by atoms with Crippen molar-refractivity contribution in [3.8, 4) is 0 Å². The third-order valence-corrected chi connectivity index (χ3v) is 6.07. The van der Waals surface area contributed by atoms with E-state index in [-0.39, 0.29) is 0 Å².